The number of hydrogen-bond donors (Lipinski definition) is 1. The number of rotatable bonds is 9. The molecule has 1 aliphatic carbocycles. The lowest BCUT2D eigenvalue weighted by molar-refractivity contribution is -0.141. The molecule has 1 N–H and O–H groups in total. The molecule has 3 aromatic carbocycles. The highest BCUT2D eigenvalue weighted by Crippen LogP contribution is 2.24. The van der Waals surface area contributed by atoms with Crippen LogP contribution in [0.25, 0.3) is 0 Å². The Labute approximate surface area is 215 Å². The minimum atomic E-state index is -0.911. The Bertz CT molecular complexity index is 1180. The molecule has 0 aliphatic heterocycles. The third kappa shape index (κ3) is 6.49. The minimum Gasteiger partial charge on any atom is -0.352 e. The molecule has 0 unspecified atom stereocenters. The fourth-order valence-corrected chi connectivity index (χ4v) is 4.92. The third-order valence-electron chi connectivity index (χ3n) is 6.66. The van der Waals surface area contributed by atoms with Crippen LogP contribution in [0.4, 0.5) is 8.78 Å². The van der Waals surface area contributed by atoms with Gasteiger partial charge in [-0.1, -0.05) is 79.0 Å². The van der Waals surface area contributed by atoms with Gasteiger partial charge < -0.3 is 10.2 Å². The van der Waals surface area contributed by atoms with Gasteiger partial charge in [0.2, 0.25) is 11.8 Å². The molecular formula is C29H29ClF2N2O2. The van der Waals surface area contributed by atoms with Gasteiger partial charge in [0.15, 0.2) is 0 Å². The van der Waals surface area contributed by atoms with E-state index in [2.05, 4.69) is 5.32 Å². The second-order valence-corrected chi connectivity index (χ2v) is 9.59. The smallest absolute Gasteiger partial charge is 0.243 e. The normalized spacial score (nSPS) is 14.4. The summed E-state index contributed by atoms with van der Waals surface area (Å²) in [4.78, 5) is 28.7. The van der Waals surface area contributed by atoms with Gasteiger partial charge in [-0.15, -0.1) is 0 Å². The maximum Gasteiger partial charge on any atom is 0.243 e. The zero-order valence-electron chi connectivity index (χ0n) is 19.9. The van der Waals surface area contributed by atoms with Crippen molar-refractivity contribution < 1.29 is 18.4 Å². The molecule has 4 nitrogen and oxygen atoms in total. The topological polar surface area (TPSA) is 49.4 Å². The van der Waals surface area contributed by atoms with Gasteiger partial charge in [-0.25, -0.2) is 8.78 Å². The maximum absolute atomic E-state index is 14.7. The summed E-state index contributed by atoms with van der Waals surface area (Å²) in [6.07, 6.45) is 3.74. The average Bonchev–Trinajstić information content (AvgIpc) is 3.38. The largest absolute Gasteiger partial charge is 0.352 e. The first kappa shape index (κ1) is 25.8. The van der Waals surface area contributed by atoms with Crippen molar-refractivity contribution in [3.63, 3.8) is 0 Å². The van der Waals surface area contributed by atoms with Crippen molar-refractivity contribution in [2.24, 2.45) is 0 Å². The highest BCUT2D eigenvalue weighted by molar-refractivity contribution is 6.31. The van der Waals surface area contributed by atoms with Crippen LogP contribution in [0.5, 0.6) is 0 Å². The van der Waals surface area contributed by atoms with Crippen LogP contribution in [0, 0.1) is 11.6 Å². The van der Waals surface area contributed by atoms with Crippen molar-refractivity contribution in [2.75, 3.05) is 0 Å². The zero-order valence-corrected chi connectivity index (χ0v) is 20.7. The summed E-state index contributed by atoms with van der Waals surface area (Å²) in [5.41, 5.74) is 1.19. The number of amides is 2. The predicted octanol–water partition coefficient (Wildman–Crippen LogP) is 5.86. The van der Waals surface area contributed by atoms with Crippen molar-refractivity contribution in [2.45, 2.75) is 57.2 Å². The molecule has 0 spiro atoms. The second-order valence-electron chi connectivity index (χ2n) is 9.19. The number of nitrogens with zero attached hydrogens (tertiary/aromatic N) is 1. The van der Waals surface area contributed by atoms with E-state index in [1.165, 1.54) is 29.2 Å². The second kappa shape index (κ2) is 12.1. The first-order valence-electron chi connectivity index (χ1n) is 12.2. The molecule has 36 heavy (non-hydrogen) atoms. The lowest BCUT2D eigenvalue weighted by Gasteiger charge is -2.32. The minimum absolute atomic E-state index is 0.0437. The number of hydrogen-bond acceptors (Lipinski definition) is 2. The van der Waals surface area contributed by atoms with Gasteiger partial charge in [-0.2, -0.15) is 0 Å². The molecule has 3 aromatic rings. The van der Waals surface area contributed by atoms with E-state index in [9.17, 15) is 18.4 Å². The van der Waals surface area contributed by atoms with Crippen molar-refractivity contribution in [3.8, 4) is 0 Å². The molecule has 0 radical (unpaired) electrons. The Kier molecular flexibility index (Phi) is 8.70. The lowest BCUT2D eigenvalue weighted by atomic mass is 10.0. The summed E-state index contributed by atoms with van der Waals surface area (Å²) in [5.74, 6) is -1.88. The molecule has 0 saturated heterocycles. The Morgan fingerprint density at radius 2 is 1.58 bits per heavy atom. The fourth-order valence-electron chi connectivity index (χ4n) is 4.69. The number of carbonyl (C=O) groups is 2. The predicted molar refractivity (Wildman–Crippen MR) is 136 cm³/mol. The van der Waals surface area contributed by atoms with Crippen LogP contribution in [0.2, 0.25) is 5.02 Å². The monoisotopic (exact) mass is 510 g/mol. The summed E-state index contributed by atoms with van der Waals surface area (Å²) in [6, 6.07) is 18.9. The van der Waals surface area contributed by atoms with Crippen LogP contribution in [-0.2, 0) is 29.0 Å². The SMILES string of the molecule is O=C(NC1CCCC1)[C@@H](Cc1ccccc1)N(Cc1ccccc1F)C(=O)Cc1c(F)cccc1Cl. The lowest BCUT2D eigenvalue weighted by Crippen LogP contribution is -2.52. The van der Waals surface area contributed by atoms with E-state index in [0.29, 0.717) is 0 Å². The van der Waals surface area contributed by atoms with Crippen LogP contribution < -0.4 is 5.32 Å². The number of benzene rings is 3. The van der Waals surface area contributed by atoms with Gasteiger partial charge in [0, 0.05) is 35.2 Å². The van der Waals surface area contributed by atoms with E-state index in [1.807, 2.05) is 30.3 Å². The molecule has 4 rings (SSSR count). The van der Waals surface area contributed by atoms with Gasteiger partial charge in [0.1, 0.15) is 17.7 Å². The van der Waals surface area contributed by atoms with Crippen LogP contribution in [-0.4, -0.2) is 28.8 Å². The van der Waals surface area contributed by atoms with Crippen molar-refractivity contribution >= 4 is 23.4 Å². The highest BCUT2D eigenvalue weighted by atomic mass is 35.5. The molecule has 0 aromatic heterocycles. The Morgan fingerprint density at radius 1 is 0.917 bits per heavy atom. The first-order chi connectivity index (χ1) is 17.4. The van der Waals surface area contributed by atoms with E-state index < -0.39 is 23.6 Å². The van der Waals surface area contributed by atoms with Gasteiger partial charge in [0.25, 0.3) is 0 Å². The van der Waals surface area contributed by atoms with Crippen molar-refractivity contribution in [1.29, 1.82) is 0 Å². The number of nitrogens with one attached hydrogen (secondary N) is 1. The van der Waals surface area contributed by atoms with Gasteiger partial charge in [0.05, 0.1) is 6.42 Å². The van der Waals surface area contributed by atoms with Crippen LogP contribution in [0.3, 0.4) is 0 Å². The summed E-state index contributed by atoms with van der Waals surface area (Å²) >= 11 is 6.20. The van der Waals surface area contributed by atoms with Crippen LogP contribution in [0.15, 0.2) is 72.8 Å². The van der Waals surface area contributed by atoms with E-state index in [0.717, 1.165) is 31.2 Å². The molecule has 1 saturated carbocycles. The average molecular weight is 511 g/mol. The van der Waals surface area contributed by atoms with E-state index >= 15 is 0 Å². The summed E-state index contributed by atoms with van der Waals surface area (Å²) in [7, 11) is 0. The van der Waals surface area contributed by atoms with E-state index in [1.54, 1.807) is 18.2 Å². The standard InChI is InChI=1S/C29H29ClF2N2O2/c30-24-14-8-16-26(32)23(24)18-28(35)34(19-21-11-4-7-15-25(21)31)27(17-20-9-2-1-3-10-20)29(36)33-22-12-5-6-13-22/h1-4,7-11,14-16,22,27H,5-6,12-13,17-19H2,(H,33,36)/t27-/m1/s1. The molecule has 7 heteroatoms. The zero-order chi connectivity index (χ0) is 25.5. The molecular weight excluding hydrogens is 482 g/mol. The number of halogens is 3. The Hall–Kier alpha value is -3.25. The van der Waals surface area contributed by atoms with E-state index in [4.69, 9.17) is 11.6 Å². The Morgan fingerprint density at radius 3 is 2.28 bits per heavy atom. The van der Waals surface area contributed by atoms with Crippen LogP contribution >= 0.6 is 11.6 Å². The van der Waals surface area contributed by atoms with Crippen molar-refractivity contribution in [1.82, 2.24) is 10.2 Å². The van der Waals surface area contributed by atoms with Gasteiger partial charge in [-0.05, 0) is 36.6 Å². The molecule has 0 bridgehead atoms. The Balaban J connectivity index is 1.70. The molecule has 2 amide bonds. The molecule has 1 aliphatic rings. The molecule has 1 fully saturated rings. The first-order valence-corrected chi connectivity index (χ1v) is 12.6. The number of carbonyl (C=O) groups excluding carboxylic acids is 2. The molecule has 1 atom stereocenters. The summed E-state index contributed by atoms with van der Waals surface area (Å²) in [6.45, 7) is -0.132. The molecule has 188 valence electrons. The van der Waals surface area contributed by atoms with Crippen molar-refractivity contribution in [3.05, 3.63) is 106 Å². The highest BCUT2D eigenvalue weighted by Gasteiger charge is 2.33. The summed E-state index contributed by atoms with van der Waals surface area (Å²) < 4.78 is 29.2. The molecule has 0 heterocycles. The van der Waals surface area contributed by atoms with Crippen LogP contribution in [0.1, 0.15) is 42.4 Å². The maximum atomic E-state index is 14.7. The third-order valence-corrected chi connectivity index (χ3v) is 7.01. The summed E-state index contributed by atoms with van der Waals surface area (Å²) in [5, 5.41) is 3.22. The fraction of sp³-hybridized carbons (Fsp3) is 0.310. The quantitative estimate of drug-likeness (QED) is 0.392. The van der Waals surface area contributed by atoms with Gasteiger partial charge >= 0.3 is 0 Å². The van der Waals surface area contributed by atoms with E-state index in [-0.39, 0.29) is 47.5 Å². The van der Waals surface area contributed by atoms with Gasteiger partial charge in [-0.3, -0.25) is 9.59 Å².